The third kappa shape index (κ3) is 2.30. The average molecular weight is 206 g/mol. The molecule has 0 aliphatic rings. The van der Waals surface area contributed by atoms with E-state index in [9.17, 15) is 4.39 Å². The van der Waals surface area contributed by atoms with Gasteiger partial charge in [-0.15, -0.1) is 0 Å². The summed E-state index contributed by atoms with van der Waals surface area (Å²) in [5.74, 6) is 4.90. The second-order valence-electron chi connectivity index (χ2n) is 2.74. The third-order valence-corrected chi connectivity index (χ3v) is 2.32. The molecular weight excluding hydrogens is 198 g/mol. The Balaban J connectivity index is 2.19. The SMILES string of the molecule is Fc1cccc(Oc2ccpcc2)c1. The van der Waals surface area contributed by atoms with E-state index >= 15 is 0 Å². The van der Waals surface area contributed by atoms with Gasteiger partial charge in [0.15, 0.2) is 0 Å². The molecule has 0 N–H and O–H groups in total. The lowest BCUT2D eigenvalue weighted by Crippen LogP contribution is -1.83. The Kier molecular flexibility index (Phi) is 2.76. The first-order valence-electron chi connectivity index (χ1n) is 4.18. The average Bonchev–Trinajstić information content (AvgIpc) is 2.19. The highest BCUT2D eigenvalue weighted by Gasteiger charge is 1.96. The summed E-state index contributed by atoms with van der Waals surface area (Å²) in [5.41, 5.74) is 0. The van der Waals surface area contributed by atoms with E-state index in [1.807, 2.05) is 23.7 Å². The van der Waals surface area contributed by atoms with Crippen LogP contribution in [0.25, 0.3) is 0 Å². The molecule has 0 unspecified atom stereocenters. The van der Waals surface area contributed by atoms with Crippen LogP contribution in [0.3, 0.4) is 0 Å². The number of ether oxygens (including phenoxy) is 1. The van der Waals surface area contributed by atoms with E-state index in [4.69, 9.17) is 4.74 Å². The fraction of sp³-hybridized carbons (Fsp3) is 0. The Morgan fingerprint density at radius 2 is 1.79 bits per heavy atom. The van der Waals surface area contributed by atoms with Gasteiger partial charge in [0.25, 0.3) is 0 Å². The molecule has 70 valence electrons. The number of hydrogen-bond donors (Lipinski definition) is 0. The largest absolute Gasteiger partial charge is 0.457 e. The fourth-order valence-corrected chi connectivity index (χ4v) is 1.64. The predicted octanol–water partition coefficient (Wildman–Crippen LogP) is 4.20. The normalized spacial score (nSPS) is 9.79. The van der Waals surface area contributed by atoms with Crippen molar-refractivity contribution in [3.8, 4) is 11.5 Å². The molecule has 0 atom stereocenters. The lowest BCUT2D eigenvalue weighted by atomic mass is 10.3. The van der Waals surface area contributed by atoms with Crippen LogP contribution in [0, 0.1) is 5.82 Å². The number of benzene rings is 1. The molecule has 1 aromatic heterocycles. The Labute approximate surface area is 83.3 Å². The van der Waals surface area contributed by atoms with Gasteiger partial charge in [-0.1, -0.05) is 14.3 Å². The molecule has 1 nitrogen and oxygen atoms in total. The first-order valence-corrected chi connectivity index (χ1v) is 5.21. The summed E-state index contributed by atoms with van der Waals surface area (Å²) < 4.78 is 18.2. The Morgan fingerprint density at radius 1 is 1.00 bits per heavy atom. The second-order valence-corrected chi connectivity index (χ2v) is 3.64. The molecule has 1 heterocycles. The maximum Gasteiger partial charge on any atom is 0.130 e. The molecule has 2 aromatic rings. The molecular formula is C11H8FOP. The zero-order valence-corrected chi connectivity index (χ0v) is 8.25. The zero-order chi connectivity index (χ0) is 9.80. The van der Waals surface area contributed by atoms with Crippen molar-refractivity contribution in [2.24, 2.45) is 0 Å². The minimum atomic E-state index is -0.287. The van der Waals surface area contributed by atoms with Crippen molar-refractivity contribution in [3.05, 3.63) is 53.8 Å². The highest BCUT2D eigenvalue weighted by atomic mass is 31.0. The molecule has 0 aliphatic carbocycles. The molecule has 0 radical (unpaired) electrons. The van der Waals surface area contributed by atoms with Crippen molar-refractivity contribution in [2.45, 2.75) is 0 Å². The van der Waals surface area contributed by atoms with Crippen LogP contribution in [-0.2, 0) is 0 Å². The van der Waals surface area contributed by atoms with Crippen molar-refractivity contribution < 1.29 is 9.13 Å². The third-order valence-electron chi connectivity index (χ3n) is 1.68. The fourth-order valence-electron chi connectivity index (χ4n) is 1.07. The first-order chi connectivity index (χ1) is 6.84. The van der Waals surface area contributed by atoms with Crippen LogP contribution in [0.5, 0.6) is 11.5 Å². The molecule has 2 rings (SSSR count). The second kappa shape index (κ2) is 4.21. The molecule has 3 heteroatoms. The summed E-state index contributed by atoms with van der Waals surface area (Å²) in [4.78, 5) is 0. The summed E-state index contributed by atoms with van der Waals surface area (Å²) in [6.45, 7) is 0. The number of halogens is 1. The smallest absolute Gasteiger partial charge is 0.130 e. The summed E-state index contributed by atoms with van der Waals surface area (Å²) in [7, 11) is 1.14. The van der Waals surface area contributed by atoms with Gasteiger partial charge >= 0.3 is 0 Å². The van der Waals surface area contributed by atoms with Crippen molar-refractivity contribution >= 4 is 8.19 Å². The van der Waals surface area contributed by atoms with E-state index in [1.165, 1.54) is 12.1 Å². The highest BCUT2D eigenvalue weighted by Crippen LogP contribution is 2.22. The maximum absolute atomic E-state index is 12.8. The predicted molar refractivity (Wildman–Crippen MR) is 55.4 cm³/mol. The quantitative estimate of drug-likeness (QED) is 0.715. The van der Waals surface area contributed by atoms with Crippen LogP contribution >= 0.6 is 8.19 Å². The van der Waals surface area contributed by atoms with Gasteiger partial charge in [-0.05, 0) is 35.9 Å². The molecule has 0 fully saturated rings. The van der Waals surface area contributed by atoms with Crippen LogP contribution < -0.4 is 4.74 Å². The summed E-state index contributed by atoms with van der Waals surface area (Å²) >= 11 is 0. The van der Waals surface area contributed by atoms with Gasteiger partial charge in [-0.3, -0.25) is 0 Å². The minimum absolute atomic E-state index is 0.287. The lowest BCUT2D eigenvalue weighted by Gasteiger charge is -2.04. The van der Waals surface area contributed by atoms with Crippen molar-refractivity contribution in [1.82, 2.24) is 0 Å². The van der Waals surface area contributed by atoms with Gasteiger partial charge in [0.05, 0.1) is 0 Å². The van der Waals surface area contributed by atoms with Crippen molar-refractivity contribution in [1.29, 1.82) is 0 Å². The molecule has 0 bridgehead atoms. The standard InChI is InChI=1S/C11H8FOP/c12-9-2-1-3-11(8-9)13-10-4-6-14-7-5-10/h1-8H. The van der Waals surface area contributed by atoms with Crippen LogP contribution in [0.15, 0.2) is 48.0 Å². The van der Waals surface area contributed by atoms with E-state index in [2.05, 4.69) is 0 Å². The van der Waals surface area contributed by atoms with E-state index < -0.39 is 0 Å². The first kappa shape index (κ1) is 9.17. The molecule has 14 heavy (non-hydrogen) atoms. The van der Waals surface area contributed by atoms with Gasteiger partial charge in [0.2, 0.25) is 0 Å². The maximum atomic E-state index is 12.8. The summed E-state index contributed by atoms with van der Waals surface area (Å²) in [6.07, 6.45) is 0. The summed E-state index contributed by atoms with van der Waals surface area (Å²) in [6, 6.07) is 9.84. The molecule has 0 saturated carbocycles. The van der Waals surface area contributed by atoms with E-state index in [0.29, 0.717) is 5.75 Å². The molecule has 0 spiro atoms. The topological polar surface area (TPSA) is 9.23 Å². The van der Waals surface area contributed by atoms with Gasteiger partial charge in [-0.2, -0.15) is 0 Å². The van der Waals surface area contributed by atoms with E-state index in [0.717, 1.165) is 13.9 Å². The highest BCUT2D eigenvalue weighted by molar-refractivity contribution is 7.28. The minimum Gasteiger partial charge on any atom is -0.457 e. The Morgan fingerprint density at radius 3 is 2.50 bits per heavy atom. The van der Waals surface area contributed by atoms with Crippen LogP contribution in [0.4, 0.5) is 4.39 Å². The van der Waals surface area contributed by atoms with Gasteiger partial charge in [0.1, 0.15) is 17.3 Å². The Hall–Kier alpha value is -1.40. The monoisotopic (exact) mass is 206 g/mol. The molecule has 0 aliphatic heterocycles. The van der Waals surface area contributed by atoms with Crippen LogP contribution in [0.2, 0.25) is 0 Å². The number of hydrogen-bond acceptors (Lipinski definition) is 1. The molecule has 1 aromatic carbocycles. The lowest BCUT2D eigenvalue weighted by molar-refractivity contribution is 0.477. The number of rotatable bonds is 2. The van der Waals surface area contributed by atoms with E-state index in [-0.39, 0.29) is 5.82 Å². The van der Waals surface area contributed by atoms with Gasteiger partial charge in [0, 0.05) is 6.07 Å². The van der Waals surface area contributed by atoms with Gasteiger partial charge in [-0.25, -0.2) is 4.39 Å². The van der Waals surface area contributed by atoms with Gasteiger partial charge < -0.3 is 4.74 Å². The van der Waals surface area contributed by atoms with E-state index in [1.54, 1.807) is 12.1 Å². The van der Waals surface area contributed by atoms with Crippen LogP contribution in [0.1, 0.15) is 0 Å². The van der Waals surface area contributed by atoms with Crippen LogP contribution in [-0.4, -0.2) is 0 Å². The summed E-state index contributed by atoms with van der Waals surface area (Å²) in [5, 5.41) is 0. The Bertz CT molecular complexity index is 417. The zero-order valence-electron chi connectivity index (χ0n) is 7.35. The molecule has 0 amide bonds. The van der Waals surface area contributed by atoms with Crippen molar-refractivity contribution in [3.63, 3.8) is 0 Å². The molecule has 0 saturated heterocycles. The van der Waals surface area contributed by atoms with Crippen molar-refractivity contribution in [2.75, 3.05) is 0 Å².